The van der Waals surface area contributed by atoms with Gasteiger partial charge >= 0.3 is 0 Å². The van der Waals surface area contributed by atoms with Crippen LogP contribution in [0.5, 0.6) is 0 Å². The minimum atomic E-state index is -0.0174. The Morgan fingerprint density at radius 3 is 2.70 bits per heavy atom. The molecule has 0 amide bonds. The normalized spacial score (nSPS) is 20.4. The Hall–Kier alpha value is -0.600. The van der Waals surface area contributed by atoms with E-state index in [0.717, 1.165) is 19.6 Å². The number of hydrogen-bond donors (Lipinski definition) is 0. The molecule has 0 aromatic rings. The van der Waals surface area contributed by atoms with Gasteiger partial charge < -0.3 is 9.47 Å². The van der Waals surface area contributed by atoms with Crippen LogP contribution in [0.2, 0.25) is 0 Å². The molecule has 1 aliphatic rings. The minimum absolute atomic E-state index is 0.0174. The average molecular weight is 140 g/mol. The van der Waals surface area contributed by atoms with Gasteiger partial charge in [0.2, 0.25) is 0 Å². The largest absolute Gasteiger partial charge is 0.350 e. The van der Waals surface area contributed by atoms with E-state index in [-0.39, 0.29) is 6.29 Å². The maximum atomic E-state index is 5.19. The van der Waals surface area contributed by atoms with E-state index in [9.17, 15) is 0 Å². The maximum Gasteiger partial charge on any atom is 0.161 e. The number of allylic oxidation sites excluding steroid dienone is 2. The molecule has 0 radical (unpaired) electrons. The lowest BCUT2D eigenvalue weighted by Gasteiger charge is -2.02. The van der Waals surface area contributed by atoms with Crippen molar-refractivity contribution < 1.29 is 9.47 Å². The van der Waals surface area contributed by atoms with Crippen LogP contribution in [0.25, 0.3) is 0 Å². The lowest BCUT2D eigenvalue weighted by atomic mass is 10.3. The summed E-state index contributed by atoms with van der Waals surface area (Å²) in [5.74, 6) is 0. The van der Waals surface area contributed by atoms with Gasteiger partial charge in [-0.1, -0.05) is 24.8 Å². The van der Waals surface area contributed by atoms with E-state index in [1.165, 1.54) is 0 Å². The fourth-order valence-electron chi connectivity index (χ4n) is 0.829. The third-order valence-corrected chi connectivity index (χ3v) is 1.29. The standard InChI is InChI=1S/C8H12O2/c1-2-3-4-5-8-9-6-7-10-8/h2-4,8H,1,5-7H2/b4-3+. The second kappa shape index (κ2) is 4.25. The van der Waals surface area contributed by atoms with Gasteiger partial charge in [-0.3, -0.25) is 0 Å². The fourth-order valence-corrected chi connectivity index (χ4v) is 0.829. The summed E-state index contributed by atoms with van der Waals surface area (Å²) in [6.07, 6.45) is 6.44. The third-order valence-electron chi connectivity index (χ3n) is 1.29. The molecule has 10 heavy (non-hydrogen) atoms. The molecular weight excluding hydrogens is 128 g/mol. The molecule has 1 fully saturated rings. The number of rotatable bonds is 3. The van der Waals surface area contributed by atoms with Crippen LogP contribution in [0, 0.1) is 0 Å². The average Bonchev–Trinajstić information content (AvgIpc) is 2.41. The summed E-state index contributed by atoms with van der Waals surface area (Å²) in [6.45, 7) is 5.01. The molecule has 0 N–H and O–H groups in total. The first kappa shape index (κ1) is 7.51. The summed E-state index contributed by atoms with van der Waals surface area (Å²) in [5, 5.41) is 0. The van der Waals surface area contributed by atoms with Gasteiger partial charge in [-0.05, 0) is 0 Å². The van der Waals surface area contributed by atoms with Crippen molar-refractivity contribution in [3.8, 4) is 0 Å². The highest BCUT2D eigenvalue weighted by Gasteiger charge is 2.12. The summed E-state index contributed by atoms with van der Waals surface area (Å²) >= 11 is 0. The van der Waals surface area contributed by atoms with Gasteiger partial charge in [0.1, 0.15) is 0 Å². The number of ether oxygens (including phenoxy) is 2. The Labute approximate surface area is 61.1 Å². The molecule has 0 saturated carbocycles. The monoisotopic (exact) mass is 140 g/mol. The highest BCUT2D eigenvalue weighted by Crippen LogP contribution is 2.07. The van der Waals surface area contributed by atoms with E-state index in [1.807, 2.05) is 12.2 Å². The predicted molar refractivity (Wildman–Crippen MR) is 39.6 cm³/mol. The van der Waals surface area contributed by atoms with E-state index in [2.05, 4.69) is 6.58 Å². The first-order chi connectivity index (χ1) is 4.93. The van der Waals surface area contributed by atoms with Crippen LogP contribution in [0.15, 0.2) is 24.8 Å². The highest BCUT2D eigenvalue weighted by molar-refractivity contribution is 4.97. The van der Waals surface area contributed by atoms with Gasteiger partial charge in [0.25, 0.3) is 0 Å². The molecule has 0 aromatic carbocycles. The molecule has 0 atom stereocenters. The van der Waals surface area contributed by atoms with Crippen molar-refractivity contribution in [2.75, 3.05) is 13.2 Å². The molecular formula is C8H12O2. The van der Waals surface area contributed by atoms with Gasteiger partial charge in [-0.25, -0.2) is 0 Å². The topological polar surface area (TPSA) is 18.5 Å². The van der Waals surface area contributed by atoms with E-state index < -0.39 is 0 Å². The van der Waals surface area contributed by atoms with Gasteiger partial charge in [0.15, 0.2) is 6.29 Å². The molecule has 1 rings (SSSR count). The molecule has 56 valence electrons. The van der Waals surface area contributed by atoms with Gasteiger partial charge in [0.05, 0.1) is 13.2 Å². The minimum Gasteiger partial charge on any atom is -0.350 e. The lowest BCUT2D eigenvalue weighted by Crippen LogP contribution is -2.04. The Bertz CT molecular complexity index is 123. The third kappa shape index (κ3) is 2.33. The Kier molecular flexibility index (Phi) is 3.19. The van der Waals surface area contributed by atoms with Crippen molar-refractivity contribution in [1.82, 2.24) is 0 Å². The summed E-state index contributed by atoms with van der Waals surface area (Å²) in [4.78, 5) is 0. The van der Waals surface area contributed by atoms with Crippen molar-refractivity contribution in [2.24, 2.45) is 0 Å². The van der Waals surface area contributed by atoms with Gasteiger partial charge in [0, 0.05) is 6.42 Å². The molecule has 2 nitrogen and oxygen atoms in total. The second-order valence-corrected chi connectivity index (χ2v) is 2.07. The van der Waals surface area contributed by atoms with Crippen molar-refractivity contribution in [1.29, 1.82) is 0 Å². The van der Waals surface area contributed by atoms with Crippen molar-refractivity contribution in [3.05, 3.63) is 24.8 Å². The van der Waals surface area contributed by atoms with Crippen molar-refractivity contribution in [3.63, 3.8) is 0 Å². The molecule has 0 unspecified atom stereocenters. The molecule has 0 aromatic heterocycles. The first-order valence-electron chi connectivity index (χ1n) is 3.44. The molecule has 0 spiro atoms. The van der Waals surface area contributed by atoms with Gasteiger partial charge in [-0.2, -0.15) is 0 Å². The first-order valence-corrected chi connectivity index (χ1v) is 3.44. The summed E-state index contributed by atoms with van der Waals surface area (Å²) in [6, 6.07) is 0. The van der Waals surface area contributed by atoms with Crippen LogP contribution in [-0.4, -0.2) is 19.5 Å². The van der Waals surface area contributed by atoms with E-state index >= 15 is 0 Å². The SMILES string of the molecule is C=C/C=C/CC1OCCO1. The predicted octanol–water partition coefficient (Wildman–Crippen LogP) is 1.49. The van der Waals surface area contributed by atoms with E-state index in [1.54, 1.807) is 6.08 Å². The van der Waals surface area contributed by atoms with Crippen LogP contribution >= 0.6 is 0 Å². The molecule has 1 aliphatic heterocycles. The zero-order chi connectivity index (χ0) is 7.23. The van der Waals surface area contributed by atoms with E-state index in [4.69, 9.17) is 9.47 Å². The van der Waals surface area contributed by atoms with Crippen molar-refractivity contribution >= 4 is 0 Å². The van der Waals surface area contributed by atoms with Gasteiger partial charge in [-0.15, -0.1) is 0 Å². The van der Waals surface area contributed by atoms with Crippen LogP contribution in [0.4, 0.5) is 0 Å². The maximum absolute atomic E-state index is 5.19. The zero-order valence-electron chi connectivity index (χ0n) is 5.95. The quantitative estimate of drug-likeness (QED) is 0.553. The fraction of sp³-hybridized carbons (Fsp3) is 0.500. The number of hydrogen-bond acceptors (Lipinski definition) is 2. The lowest BCUT2D eigenvalue weighted by molar-refractivity contribution is -0.0380. The summed E-state index contributed by atoms with van der Waals surface area (Å²) in [7, 11) is 0. The zero-order valence-corrected chi connectivity index (χ0v) is 5.95. The molecule has 1 heterocycles. The van der Waals surface area contributed by atoms with Crippen LogP contribution in [0.1, 0.15) is 6.42 Å². The molecule has 0 bridgehead atoms. The molecule has 0 aliphatic carbocycles. The van der Waals surface area contributed by atoms with Crippen LogP contribution < -0.4 is 0 Å². The van der Waals surface area contributed by atoms with Crippen LogP contribution in [0.3, 0.4) is 0 Å². The summed E-state index contributed by atoms with van der Waals surface area (Å²) < 4.78 is 10.4. The summed E-state index contributed by atoms with van der Waals surface area (Å²) in [5.41, 5.74) is 0. The Morgan fingerprint density at radius 2 is 2.10 bits per heavy atom. The molecule has 1 saturated heterocycles. The smallest absolute Gasteiger partial charge is 0.161 e. The highest BCUT2D eigenvalue weighted by atomic mass is 16.7. The molecule has 2 heteroatoms. The van der Waals surface area contributed by atoms with E-state index in [0.29, 0.717) is 0 Å². The Morgan fingerprint density at radius 1 is 1.40 bits per heavy atom. The Balaban J connectivity index is 2.12. The van der Waals surface area contributed by atoms with Crippen LogP contribution in [-0.2, 0) is 9.47 Å². The second-order valence-electron chi connectivity index (χ2n) is 2.07. The van der Waals surface area contributed by atoms with Crippen molar-refractivity contribution in [2.45, 2.75) is 12.7 Å².